The predicted molar refractivity (Wildman–Crippen MR) is 142 cm³/mol. The highest BCUT2D eigenvalue weighted by atomic mass is 16.6. The van der Waals surface area contributed by atoms with Gasteiger partial charge in [-0.3, -0.25) is 14.5 Å². The summed E-state index contributed by atoms with van der Waals surface area (Å²) in [6, 6.07) is 9.40. The molecule has 4 bridgehead atoms. The molecule has 6 rings (SSSR count). The van der Waals surface area contributed by atoms with Crippen molar-refractivity contribution in [2.45, 2.75) is 101 Å². The maximum absolute atomic E-state index is 14.0. The lowest BCUT2D eigenvalue weighted by Crippen LogP contribution is -2.52. The average Bonchev–Trinajstić information content (AvgIpc) is 3.15. The fourth-order valence-electron chi connectivity index (χ4n) is 8.25. The summed E-state index contributed by atoms with van der Waals surface area (Å²) in [4.78, 5) is 38.3. The van der Waals surface area contributed by atoms with Crippen LogP contribution in [0.25, 0.3) is 11.0 Å². The Kier molecular flexibility index (Phi) is 6.78. The van der Waals surface area contributed by atoms with E-state index in [2.05, 4.69) is 15.0 Å². The minimum absolute atomic E-state index is 0.0530. The van der Waals surface area contributed by atoms with Crippen LogP contribution in [0, 0.1) is 11.8 Å². The number of piperidine rings is 1. The van der Waals surface area contributed by atoms with Gasteiger partial charge in [0.25, 0.3) is 5.56 Å². The van der Waals surface area contributed by atoms with Gasteiger partial charge in [0.15, 0.2) is 0 Å². The summed E-state index contributed by atoms with van der Waals surface area (Å²) in [5, 5.41) is 13.7. The van der Waals surface area contributed by atoms with E-state index in [1.165, 1.54) is 64.7 Å². The number of oxime groups is 1. The van der Waals surface area contributed by atoms with Gasteiger partial charge < -0.3 is 14.5 Å². The molecule has 0 radical (unpaired) electrons. The average molecular weight is 507 g/mol. The minimum atomic E-state index is -1.08. The van der Waals surface area contributed by atoms with Gasteiger partial charge >= 0.3 is 5.97 Å². The summed E-state index contributed by atoms with van der Waals surface area (Å²) >= 11 is 0. The fourth-order valence-corrected chi connectivity index (χ4v) is 8.25. The van der Waals surface area contributed by atoms with Crippen molar-refractivity contribution in [2.24, 2.45) is 17.0 Å². The second kappa shape index (κ2) is 10.2. The van der Waals surface area contributed by atoms with Crippen molar-refractivity contribution in [3.8, 4) is 0 Å². The fraction of sp³-hybridized carbons (Fsp3) is 0.655. The summed E-state index contributed by atoms with van der Waals surface area (Å²) in [5.41, 5.74) is 1.28. The van der Waals surface area contributed by atoms with E-state index in [1.807, 2.05) is 28.8 Å². The molecule has 1 aromatic carbocycles. The van der Waals surface area contributed by atoms with Crippen molar-refractivity contribution in [1.29, 1.82) is 0 Å². The first-order valence-electron chi connectivity index (χ1n) is 14.1. The largest absolute Gasteiger partial charge is 0.481 e. The van der Waals surface area contributed by atoms with E-state index in [1.54, 1.807) is 0 Å². The third-order valence-electron chi connectivity index (χ3n) is 9.62. The number of carbonyl (C=O) groups is 1. The highest BCUT2D eigenvalue weighted by Crippen LogP contribution is 2.48. The lowest BCUT2D eigenvalue weighted by atomic mass is 9.69. The number of aliphatic carboxylic acids is 1. The molecule has 2 saturated carbocycles. The van der Waals surface area contributed by atoms with Gasteiger partial charge in [-0.15, -0.1) is 0 Å². The number of nitrogens with zero attached hydrogens (tertiary/aromatic N) is 4. The van der Waals surface area contributed by atoms with Crippen LogP contribution in [0.5, 0.6) is 0 Å². The molecule has 2 saturated heterocycles. The Morgan fingerprint density at radius 2 is 1.76 bits per heavy atom. The second-order valence-corrected chi connectivity index (χ2v) is 11.7. The second-order valence-electron chi connectivity index (χ2n) is 11.7. The van der Waals surface area contributed by atoms with Gasteiger partial charge in [0.1, 0.15) is 18.7 Å². The van der Waals surface area contributed by atoms with E-state index in [-0.39, 0.29) is 23.7 Å². The minimum Gasteiger partial charge on any atom is -0.481 e. The lowest BCUT2D eigenvalue weighted by Gasteiger charge is -2.49. The molecule has 0 spiro atoms. The van der Waals surface area contributed by atoms with Crippen molar-refractivity contribution in [2.75, 3.05) is 7.11 Å². The van der Waals surface area contributed by atoms with Crippen molar-refractivity contribution >= 4 is 23.2 Å². The van der Waals surface area contributed by atoms with Gasteiger partial charge in [0, 0.05) is 36.8 Å². The molecule has 8 heteroatoms. The molecule has 5 unspecified atom stereocenters. The number of fused-ring (bicyclic) bond motifs is 5. The number of benzene rings is 1. The molecule has 6 atom stereocenters. The van der Waals surface area contributed by atoms with E-state index >= 15 is 0 Å². The quantitative estimate of drug-likeness (QED) is 0.431. The Morgan fingerprint density at radius 1 is 1.05 bits per heavy atom. The van der Waals surface area contributed by atoms with E-state index in [4.69, 9.17) is 4.84 Å². The Balaban J connectivity index is 1.33. The number of aromatic nitrogens is 2. The summed E-state index contributed by atoms with van der Waals surface area (Å²) in [6.07, 6.45) is 14.1. The topological polar surface area (TPSA) is 97.0 Å². The van der Waals surface area contributed by atoms with Crippen LogP contribution in [-0.4, -0.2) is 57.0 Å². The van der Waals surface area contributed by atoms with Crippen molar-refractivity contribution in [3.05, 3.63) is 40.3 Å². The monoisotopic (exact) mass is 506 g/mol. The molecule has 1 aromatic heterocycles. The zero-order chi connectivity index (χ0) is 25.5. The molecule has 2 aliphatic heterocycles. The van der Waals surface area contributed by atoms with Crippen LogP contribution in [0.15, 0.2) is 34.2 Å². The number of hydrogen-bond donors (Lipinski definition) is 1. The van der Waals surface area contributed by atoms with Crippen LogP contribution < -0.4 is 5.56 Å². The normalized spacial score (nSPS) is 32.6. The number of carboxylic acids is 1. The molecule has 4 aliphatic rings. The Morgan fingerprint density at radius 3 is 2.43 bits per heavy atom. The third-order valence-corrected chi connectivity index (χ3v) is 9.62. The van der Waals surface area contributed by atoms with E-state index in [9.17, 15) is 14.7 Å². The van der Waals surface area contributed by atoms with Crippen LogP contribution >= 0.6 is 0 Å². The van der Waals surface area contributed by atoms with E-state index < -0.39 is 11.9 Å². The first-order valence-corrected chi connectivity index (χ1v) is 14.1. The van der Waals surface area contributed by atoms with Gasteiger partial charge in [-0.05, 0) is 68.9 Å². The summed E-state index contributed by atoms with van der Waals surface area (Å²) in [7, 11) is 1.41. The third kappa shape index (κ3) is 4.58. The maximum Gasteiger partial charge on any atom is 0.313 e. The Hall–Kier alpha value is -2.74. The first kappa shape index (κ1) is 24.6. The smallest absolute Gasteiger partial charge is 0.313 e. The maximum atomic E-state index is 14.0. The molecule has 1 N–H and O–H groups in total. The molecule has 2 aromatic rings. The number of para-hydroxylation sites is 2. The van der Waals surface area contributed by atoms with Crippen LogP contribution in [0.3, 0.4) is 0 Å². The molecule has 3 heterocycles. The molecule has 0 amide bonds. The summed E-state index contributed by atoms with van der Waals surface area (Å²) in [6.45, 7) is 0. The molecule has 8 nitrogen and oxygen atoms in total. The van der Waals surface area contributed by atoms with Crippen LogP contribution in [-0.2, 0) is 9.63 Å². The van der Waals surface area contributed by atoms with E-state index in [0.29, 0.717) is 23.6 Å². The predicted octanol–water partition coefficient (Wildman–Crippen LogP) is 4.72. The number of hydrogen-bond acceptors (Lipinski definition) is 6. The zero-order valence-corrected chi connectivity index (χ0v) is 21.7. The Labute approximate surface area is 217 Å². The summed E-state index contributed by atoms with van der Waals surface area (Å²) in [5.74, 6) is -0.343. The number of carboxylic acid groups (broad SMARTS) is 1. The zero-order valence-electron chi connectivity index (χ0n) is 21.7. The first-order chi connectivity index (χ1) is 18.0. The van der Waals surface area contributed by atoms with Gasteiger partial charge in [0.2, 0.25) is 0 Å². The van der Waals surface area contributed by atoms with Crippen LogP contribution in [0.4, 0.5) is 0 Å². The molecule has 198 valence electrons. The van der Waals surface area contributed by atoms with Crippen LogP contribution in [0.1, 0.15) is 88.3 Å². The van der Waals surface area contributed by atoms with Gasteiger partial charge in [-0.25, -0.2) is 4.98 Å². The molecular formula is C29H38N4O4. The summed E-state index contributed by atoms with van der Waals surface area (Å²) < 4.78 is 1.89. The van der Waals surface area contributed by atoms with Crippen molar-refractivity contribution in [1.82, 2.24) is 14.5 Å². The Bertz CT molecular complexity index is 1220. The molecule has 2 aliphatic carbocycles. The van der Waals surface area contributed by atoms with Gasteiger partial charge in [-0.1, -0.05) is 36.6 Å². The SMILES string of the molecule is CO/N=C/CC(C(=O)O)c1nc2ccccc2n(C2CC3CC[C@H](C2)N3C2CC3CCCC(C3)C2)c1=O. The number of rotatable bonds is 7. The van der Waals surface area contributed by atoms with Crippen molar-refractivity contribution in [3.63, 3.8) is 0 Å². The highest BCUT2D eigenvalue weighted by molar-refractivity contribution is 5.81. The van der Waals surface area contributed by atoms with Crippen molar-refractivity contribution < 1.29 is 14.7 Å². The standard InChI is InChI=1S/C29H38N4O4/c1-37-30-12-11-24(29(35)36)27-28(34)33(26-8-3-2-7-25(26)31-27)23-16-20-9-10-21(17-23)32(20)22-14-18-5-4-6-19(13-18)15-22/h2-3,7-8,12,18-24H,4-6,9-11,13-17H2,1H3,(H,35,36)/b30-12+/t18?,19?,20-,21?,22?,23?,24?/m1/s1. The molecular weight excluding hydrogens is 468 g/mol. The molecule has 37 heavy (non-hydrogen) atoms. The van der Waals surface area contributed by atoms with Gasteiger partial charge in [-0.2, -0.15) is 0 Å². The van der Waals surface area contributed by atoms with E-state index in [0.717, 1.165) is 30.2 Å². The highest BCUT2D eigenvalue weighted by Gasteiger charge is 2.47. The molecule has 4 fully saturated rings. The van der Waals surface area contributed by atoms with Crippen LogP contribution in [0.2, 0.25) is 0 Å². The van der Waals surface area contributed by atoms with Gasteiger partial charge in [0.05, 0.1) is 11.0 Å². The lowest BCUT2D eigenvalue weighted by molar-refractivity contribution is -0.138.